The number of piperazine rings is 1. The Morgan fingerprint density at radius 2 is 1.81 bits per heavy atom. The van der Waals surface area contributed by atoms with E-state index in [9.17, 15) is 27.5 Å². The summed E-state index contributed by atoms with van der Waals surface area (Å²) in [4.78, 5) is 22.4. The summed E-state index contributed by atoms with van der Waals surface area (Å²) in [6, 6.07) is 1.68. The molecule has 1 saturated heterocycles. The summed E-state index contributed by atoms with van der Waals surface area (Å²) in [6.07, 6.45) is 0.665. The summed E-state index contributed by atoms with van der Waals surface area (Å²) in [5.41, 5.74) is 1.55. The van der Waals surface area contributed by atoms with Gasteiger partial charge in [0.2, 0.25) is 0 Å². The number of benzene rings is 1. The van der Waals surface area contributed by atoms with Crippen LogP contribution >= 0.6 is 0 Å². The van der Waals surface area contributed by atoms with Gasteiger partial charge < -0.3 is 14.6 Å². The minimum atomic E-state index is -2.85. The molecule has 1 aliphatic heterocycles. The number of hydrogen-bond donors (Lipinski definition) is 1. The molecule has 3 heterocycles. The number of fused-ring (bicyclic) bond motifs is 1. The molecule has 1 aliphatic carbocycles. The molecule has 7 nitrogen and oxygen atoms in total. The summed E-state index contributed by atoms with van der Waals surface area (Å²) >= 11 is 0. The fourth-order valence-corrected chi connectivity index (χ4v) is 4.35. The lowest BCUT2D eigenvalue weighted by atomic mass is 10.1. The molecule has 168 valence electrons. The summed E-state index contributed by atoms with van der Waals surface area (Å²) in [5.74, 6) is -0.821. The largest absolute Gasteiger partial charge is 0.465 e. The number of hydrogen-bond acceptors (Lipinski definition) is 4. The van der Waals surface area contributed by atoms with Gasteiger partial charge in [-0.2, -0.15) is 0 Å². The lowest BCUT2D eigenvalue weighted by Crippen LogP contribution is -2.58. The first-order chi connectivity index (χ1) is 15.3. The van der Waals surface area contributed by atoms with Crippen LogP contribution in [-0.2, 0) is 0 Å². The molecule has 1 saturated carbocycles. The molecule has 1 aromatic carbocycles. The summed E-state index contributed by atoms with van der Waals surface area (Å²) in [5, 5.41) is 9.90. The maximum atomic E-state index is 13.9. The Labute approximate surface area is 179 Å². The topological polar surface area (TPSA) is 74.5 Å². The third kappa shape index (κ3) is 3.51. The van der Waals surface area contributed by atoms with Crippen molar-refractivity contribution in [3.63, 3.8) is 0 Å². The number of nitrogens with zero attached hydrogens (tertiary/aromatic N) is 5. The molecule has 0 radical (unpaired) electrons. The standard InChI is InChI=1S/C21H19F4N5O2/c22-12-5-13(23)7-14(6-12)30-8-15(11-1-2-11)17-19(26-10-27-20(17)30)28-3-4-29(21(31)32)16(9-28)18(24)25/h5-8,10-11,16,18H,1-4,9H2,(H,31,32). The number of rotatable bonds is 4. The van der Waals surface area contributed by atoms with Crippen molar-refractivity contribution in [1.29, 1.82) is 0 Å². The van der Waals surface area contributed by atoms with Crippen molar-refractivity contribution in [2.75, 3.05) is 24.5 Å². The predicted molar refractivity (Wildman–Crippen MR) is 107 cm³/mol. The Hall–Kier alpha value is -3.37. The van der Waals surface area contributed by atoms with Crippen LogP contribution in [0.3, 0.4) is 0 Å². The lowest BCUT2D eigenvalue weighted by Gasteiger charge is -2.40. The Kier molecular flexibility index (Phi) is 4.90. The van der Waals surface area contributed by atoms with Crippen LogP contribution in [0.25, 0.3) is 16.7 Å². The maximum absolute atomic E-state index is 13.9. The summed E-state index contributed by atoms with van der Waals surface area (Å²) in [6.45, 7) is -0.129. The van der Waals surface area contributed by atoms with E-state index in [1.165, 1.54) is 18.5 Å². The zero-order chi connectivity index (χ0) is 22.6. The van der Waals surface area contributed by atoms with Crippen LogP contribution in [-0.4, -0.2) is 62.7 Å². The van der Waals surface area contributed by atoms with Gasteiger partial charge in [-0.3, -0.25) is 4.90 Å². The molecular formula is C21H19F4N5O2. The van der Waals surface area contributed by atoms with Gasteiger partial charge in [0, 0.05) is 31.9 Å². The number of halogens is 4. The molecule has 0 bridgehead atoms. The van der Waals surface area contributed by atoms with E-state index in [2.05, 4.69) is 9.97 Å². The zero-order valence-corrected chi connectivity index (χ0v) is 16.8. The van der Waals surface area contributed by atoms with Crippen molar-refractivity contribution in [1.82, 2.24) is 19.4 Å². The van der Waals surface area contributed by atoms with Gasteiger partial charge in [0.15, 0.2) is 0 Å². The smallest absolute Gasteiger partial charge is 0.407 e. The number of alkyl halides is 2. The van der Waals surface area contributed by atoms with Crippen LogP contribution in [0, 0.1) is 11.6 Å². The molecule has 11 heteroatoms. The first-order valence-corrected chi connectivity index (χ1v) is 10.2. The summed E-state index contributed by atoms with van der Waals surface area (Å²) < 4.78 is 56.5. The zero-order valence-electron chi connectivity index (χ0n) is 16.8. The Balaban J connectivity index is 1.62. The molecule has 1 amide bonds. The second-order valence-corrected chi connectivity index (χ2v) is 8.08. The highest BCUT2D eigenvalue weighted by Gasteiger charge is 2.38. The monoisotopic (exact) mass is 449 g/mol. The van der Waals surface area contributed by atoms with Gasteiger partial charge in [-0.1, -0.05) is 0 Å². The Morgan fingerprint density at radius 1 is 1.09 bits per heavy atom. The molecule has 2 aliphatic rings. The fraction of sp³-hybridized carbons (Fsp3) is 0.381. The first kappa shape index (κ1) is 20.5. The quantitative estimate of drug-likeness (QED) is 0.610. The Morgan fingerprint density at radius 3 is 2.44 bits per heavy atom. The van der Waals surface area contributed by atoms with Crippen LogP contribution in [0.5, 0.6) is 0 Å². The van der Waals surface area contributed by atoms with Crippen LogP contribution in [0.1, 0.15) is 24.3 Å². The highest BCUT2D eigenvalue weighted by molar-refractivity contribution is 5.93. The van der Waals surface area contributed by atoms with E-state index in [0.29, 0.717) is 16.9 Å². The first-order valence-electron chi connectivity index (χ1n) is 10.2. The minimum absolute atomic E-state index is 0.0928. The van der Waals surface area contributed by atoms with Gasteiger partial charge in [-0.25, -0.2) is 32.3 Å². The fourth-order valence-electron chi connectivity index (χ4n) is 4.35. The number of carbonyl (C=O) groups is 1. The van der Waals surface area contributed by atoms with E-state index in [4.69, 9.17) is 0 Å². The van der Waals surface area contributed by atoms with E-state index in [-0.39, 0.29) is 31.2 Å². The number of aromatic nitrogens is 3. The van der Waals surface area contributed by atoms with E-state index in [1.54, 1.807) is 15.7 Å². The second-order valence-electron chi connectivity index (χ2n) is 8.08. The molecule has 2 fully saturated rings. The van der Waals surface area contributed by atoms with Gasteiger partial charge >= 0.3 is 6.09 Å². The van der Waals surface area contributed by atoms with E-state index < -0.39 is 30.2 Å². The number of anilines is 1. The Bertz CT molecular complexity index is 1180. The SMILES string of the molecule is O=C(O)N1CCN(c2ncnc3c2c(C2CC2)cn3-c2cc(F)cc(F)c2)CC1C(F)F. The molecular weight excluding hydrogens is 430 g/mol. The van der Waals surface area contributed by atoms with Gasteiger partial charge in [0.05, 0.1) is 11.1 Å². The van der Waals surface area contributed by atoms with Crippen molar-refractivity contribution in [2.45, 2.75) is 31.2 Å². The van der Waals surface area contributed by atoms with E-state index in [1.807, 2.05) is 0 Å². The number of carboxylic acid groups (broad SMARTS) is 1. The number of amides is 1. The average molecular weight is 449 g/mol. The third-order valence-corrected chi connectivity index (χ3v) is 5.99. The van der Waals surface area contributed by atoms with Gasteiger partial charge in [-0.05, 0) is 36.5 Å². The molecule has 32 heavy (non-hydrogen) atoms. The molecule has 1 atom stereocenters. The highest BCUT2D eigenvalue weighted by Crippen LogP contribution is 2.46. The predicted octanol–water partition coefficient (Wildman–Crippen LogP) is 4.01. The van der Waals surface area contributed by atoms with Crippen LogP contribution in [0.15, 0.2) is 30.7 Å². The molecule has 1 N–H and O–H groups in total. The van der Waals surface area contributed by atoms with Crippen molar-refractivity contribution >= 4 is 22.9 Å². The van der Waals surface area contributed by atoms with E-state index in [0.717, 1.165) is 29.4 Å². The minimum Gasteiger partial charge on any atom is -0.465 e. The van der Waals surface area contributed by atoms with Crippen molar-refractivity contribution < 1.29 is 27.5 Å². The van der Waals surface area contributed by atoms with Crippen molar-refractivity contribution in [3.05, 3.63) is 47.9 Å². The van der Waals surface area contributed by atoms with Crippen molar-refractivity contribution in [2.24, 2.45) is 0 Å². The van der Waals surface area contributed by atoms with E-state index >= 15 is 0 Å². The molecule has 1 unspecified atom stereocenters. The van der Waals surface area contributed by atoms with Crippen LogP contribution in [0.4, 0.5) is 28.2 Å². The van der Waals surface area contributed by atoms with Crippen molar-refractivity contribution in [3.8, 4) is 5.69 Å². The van der Waals surface area contributed by atoms with Gasteiger partial charge in [-0.15, -0.1) is 0 Å². The highest BCUT2D eigenvalue weighted by atomic mass is 19.3. The van der Waals surface area contributed by atoms with Crippen LogP contribution in [0.2, 0.25) is 0 Å². The lowest BCUT2D eigenvalue weighted by molar-refractivity contribution is 0.0229. The second kappa shape index (κ2) is 7.64. The average Bonchev–Trinajstić information content (AvgIpc) is 3.52. The van der Waals surface area contributed by atoms with Gasteiger partial charge in [0.1, 0.15) is 35.5 Å². The molecule has 2 aromatic heterocycles. The normalized spacial score (nSPS) is 19.2. The van der Waals surface area contributed by atoms with Gasteiger partial charge in [0.25, 0.3) is 6.43 Å². The summed E-state index contributed by atoms with van der Waals surface area (Å²) in [7, 11) is 0. The maximum Gasteiger partial charge on any atom is 0.407 e. The van der Waals surface area contributed by atoms with Crippen LogP contribution < -0.4 is 4.90 Å². The third-order valence-electron chi connectivity index (χ3n) is 5.99. The molecule has 0 spiro atoms. The molecule has 5 rings (SSSR count). The molecule has 3 aromatic rings.